The monoisotopic (exact) mass is 424 g/mol. The molecular formula is C20H13ClN4O3S. The summed E-state index contributed by atoms with van der Waals surface area (Å²) in [7, 11) is 0. The van der Waals surface area contributed by atoms with Crippen molar-refractivity contribution in [3.8, 4) is 11.3 Å². The van der Waals surface area contributed by atoms with E-state index >= 15 is 0 Å². The number of rotatable bonds is 5. The molecule has 29 heavy (non-hydrogen) atoms. The maximum Gasteiger partial charge on any atom is 0.340 e. The number of nitrogens with zero attached hydrogens (tertiary/aromatic N) is 3. The standard InChI is InChI=1S/C20H13ClN4O3S/c21-13-6-4-12(5-7-13)16-11-29-20(24-16)25-17(26)10-28-19(27)14-2-1-3-15-18(14)23-9-8-22-15/h1-9,11H,10H2,(H,24,25,26). The molecule has 0 atom stereocenters. The molecule has 144 valence electrons. The van der Waals surface area contributed by atoms with Gasteiger partial charge in [0.1, 0.15) is 5.52 Å². The second-order valence-corrected chi connectivity index (χ2v) is 7.19. The number of halogens is 1. The third-order valence-electron chi connectivity index (χ3n) is 3.94. The molecule has 0 fully saturated rings. The number of carbonyl (C=O) groups excluding carboxylic acids is 2. The molecule has 0 aliphatic carbocycles. The molecule has 0 saturated heterocycles. The number of thiazole rings is 1. The Labute approximate surface area is 174 Å². The lowest BCUT2D eigenvalue weighted by molar-refractivity contribution is -0.119. The quantitative estimate of drug-likeness (QED) is 0.482. The van der Waals surface area contributed by atoms with Crippen molar-refractivity contribution in [1.82, 2.24) is 15.0 Å². The van der Waals surface area contributed by atoms with Crippen LogP contribution in [0.1, 0.15) is 10.4 Å². The number of nitrogens with one attached hydrogen (secondary N) is 1. The molecular weight excluding hydrogens is 412 g/mol. The number of para-hydroxylation sites is 1. The van der Waals surface area contributed by atoms with Gasteiger partial charge in [-0.2, -0.15) is 0 Å². The van der Waals surface area contributed by atoms with Crippen LogP contribution in [0.25, 0.3) is 22.3 Å². The lowest BCUT2D eigenvalue weighted by Gasteiger charge is -2.06. The van der Waals surface area contributed by atoms with Gasteiger partial charge >= 0.3 is 5.97 Å². The Hall–Kier alpha value is -3.36. The first-order valence-corrected chi connectivity index (χ1v) is 9.74. The van der Waals surface area contributed by atoms with Crippen LogP contribution >= 0.6 is 22.9 Å². The van der Waals surface area contributed by atoms with Gasteiger partial charge in [0.2, 0.25) is 0 Å². The highest BCUT2D eigenvalue weighted by atomic mass is 35.5. The first-order chi connectivity index (χ1) is 14.1. The maximum absolute atomic E-state index is 12.3. The molecule has 2 heterocycles. The fraction of sp³-hybridized carbons (Fsp3) is 0.0500. The van der Waals surface area contributed by atoms with E-state index in [4.69, 9.17) is 16.3 Å². The molecule has 0 saturated carbocycles. The minimum atomic E-state index is -0.646. The Balaban J connectivity index is 1.38. The van der Waals surface area contributed by atoms with Crippen LogP contribution in [-0.4, -0.2) is 33.4 Å². The van der Waals surface area contributed by atoms with Gasteiger partial charge in [-0.05, 0) is 24.3 Å². The average molecular weight is 425 g/mol. The van der Waals surface area contributed by atoms with E-state index in [1.807, 2.05) is 17.5 Å². The third-order valence-corrected chi connectivity index (χ3v) is 4.95. The smallest absolute Gasteiger partial charge is 0.340 e. The van der Waals surface area contributed by atoms with Crippen molar-refractivity contribution in [3.63, 3.8) is 0 Å². The molecule has 4 aromatic rings. The second-order valence-electron chi connectivity index (χ2n) is 5.90. The van der Waals surface area contributed by atoms with Crippen molar-refractivity contribution in [1.29, 1.82) is 0 Å². The zero-order valence-electron chi connectivity index (χ0n) is 14.8. The van der Waals surface area contributed by atoms with Crippen molar-refractivity contribution in [2.24, 2.45) is 0 Å². The number of anilines is 1. The van der Waals surface area contributed by atoms with E-state index in [0.29, 0.717) is 26.9 Å². The summed E-state index contributed by atoms with van der Waals surface area (Å²) in [5.74, 6) is -1.13. The van der Waals surface area contributed by atoms with Crippen LogP contribution in [0.3, 0.4) is 0 Å². The summed E-state index contributed by atoms with van der Waals surface area (Å²) in [4.78, 5) is 37.1. The van der Waals surface area contributed by atoms with Crippen molar-refractivity contribution < 1.29 is 14.3 Å². The SMILES string of the molecule is O=C(COC(=O)c1cccc2nccnc12)Nc1nc(-c2ccc(Cl)cc2)cs1. The zero-order valence-corrected chi connectivity index (χ0v) is 16.4. The summed E-state index contributed by atoms with van der Waals surface area (Å²) in [6, 6.07) is 12.2. The van der Waals surface area contributed by atoms with E-state index < -0.39 is 18.5 Å². The Kier molecular flexibility index (Phi) is 5.46. The lowest BCUT2D eigenvalue weighted by Crippen LogP contribution is -2.21. The minimum absolute atomic E-state index is 0.252. The number of esters is 1. The highest BCUT2D eigenvalue weighted by molar-refractivity contribution is 7.14. The predicted molar refractivity (Wildman–Crippen MR) is 111 cm³/mol. The van der Waals surface area contributed by atoms with Crippen LogP contribution in [-0.2, 0) is 9.53 Å². The van der Waals surface area contributed by atoms with Gasteiger partial charge in [-0.3, -0.25) is 20.1 Å². The molecule has 0 spiro atoms. The minimum Gasteiger partial charge on any atom is -0.452 e. The first-order valence-electron chi connectivity index (χ1n) is 8.48. The molecule has 4 rings (SSSR count). The Morgan fingerprint density at radius 3 is 2.69 bits per heavy atom. The number of benzene rings is 2. The van der Waals surface area contributed by atoms with Crippen molar-refractivity contribution in [2.45, 2.75) is 0 Å². The van der Waals surface area contributed by atoms with Crippen LogP contribution in [0.5, 0.6) is 0 Å². The van der Waals surface area contributed by atoms with Gasteiger partial charge in [0, 0.05) is 28.4 Å². The topological polar surface area (TPSA) is 94.1 Å². The summed E-state index contributed by atoms with van der Waals surface area (Å²) in [5.41, 5.74) is 2.85. The van der Waals surface area contributed by atoms with E-state index in [1.165, 1.54) is 23.7 Å². The normalized spacial score (nSPS) is 10.7. The highest BCUT2D eigenvalue weighted by Gasteiger charge is 2.15. The van der Waals surface area contributed by atoms with Crippen molar-refractivity contribution in [2.75, 3.05) is 11.9 Å². The van der Waals surface area contributed by atoms with E-state index in [1.54, 1.807) is 30.3 Å². The molecule has 0 aliphatic heterocycles. The van der Waals surface area contributed by atoms with E-state index in [-0.39, 0.29) is 5.56 Å². The number of hydrogen-bond donors (Lipinski definition) is 1. The molecule has 1 N–H and O–H groups in total. The van der Waals surface area contributed by atoms with E-state index in [2.05, 4.69) is 20.3 Å². The Morgan fingerprint density at radius 1 is 1.07 bits per heavy atom. The molecule has 1 amide bonds. The largest absolute Gasteiger partial charge is 0.452 e. The van der Waals surface area contributed by atoms with Crippen molar-refractivity contribution >= 4 is 51.0 Å². The molecule has 0 unspecified atom stereocenters. The molecule has 9 heteroatoms. The summed E-state index contributed by atoms with van der Waals surface area (Å²) in [5, 5.41) is 5.49. The van der Waals surface area contributed by atoms with Gasteiger partial charge in [0.15, 0.2) is 11.7 Å². The van der Waals surface area contributed by atoms with E-state index in [0.717, 1.165) is 5.56 Å². The molecule has 0 bridgehead atoms. The molecule has 0 aliphatic rings. The summed E-state index contributed by atoms with van der Waals surface area (Å²) in [6.07, 6.45) is 3.03. The number of aromatic nitrogens is 3. The molecule has 7 nitrogen and oxygen atoms in total. The van der Waals surface area contributed by atoms with Gasteiger partial charge in [-0.15, -0.1) is 11.3 Å². The Bertz CT molecular complexity index is 1190. The summed E-state index contributed by atoms with van der Waals surface area (Å²) in [6.45, 7) is -0.439. The van der Waals surface area contributed by atoms with Crippen LogP contribution in [0.4, 0.5) is 5.13 Å². The second kappa shape index (κ2) is 8.34. The van der Waals surface area contributed by atoms with Crippen LogP contribution in [0.15, 0.2) is 60.2 Å². The summed E-state index contributed by atoms with van der Waals surface area (Å²) < 4.78 is 5.12. The molecule has 0 radical (unpaired) electrons. The number of ether oxygens (including phenoxy) is 1. The number of hydrogen-bond acceptors (Lipinski definition) is 7. The third kappa shape index (κ3) is 4.39. The van der Waals surface area contributed by atoms with Gasteiger partial charge in [-0.25, -0.2) is 9.78 Å². The predicted octanol–water partition coefficient (Wildman–Crippen LogP) is 4.20. The number of amides is 1. The highest BCUT2D eigenvalue weighted by Crippen LogP contribution is 2.26. The zero-order chi connectivity index (χ0) is 20.2. The van der Waals surface area contributed by atoms with Gasteiger partial charge in [-0.1, -0.05) is 29.8 Å². The number of carbonyl (C=O) groups is 2. The van der Waals surface area contributed by atoms with E-state index in [9.17, 15) is 9.59 Å². The number of fused-ring (bicyclic) bond motifs is 1. The van der Waals surface area contributed by atoms with Crippen LogP contribution < -0.4 is 5.32 Å². The fourth-order valence-electron chi connectivity index (χ4n) is 2.61. The summed E-state index contributed by atoms with van der Waals surface area (Å²) >= 11 is 7.16. The molecule has 2 aromatic heterocycles. The first kappa shape index (κ1) is 19.0. The maximum atomic E-state index is 12.3. The molecule has 2 aromatic carbocycles. The van der Waals surface area contributed by atoms with Crippen molar-refractivity contribution in [3.05, 3.63) is 70.8 Å². The van der Waals surface area contributed by atoms with Gasteiger partial charge in [0.05, 0.1) is 16.8 Å². The fourth-order valence-corrected chi connectivity index (χ4v) is 3.47. The average Bonchev–Trinajstić information content (AvgIpc) is 3.20. The van der Waals surface area contributed by atoms with Gasteiger partial charge in [0.25, 0.3) is 5.91 Å². The lowest BCUT2D eigenvalue weighted by atomic mass is 10.2. The van der Waals surface area contributed by atoms with Gasteiger partial charge < -0.3 is 4.74 Å². The van der Waals surface area contributed by atoms with Crippen LogP contribution in [0.2, 0.25) is 5.02 Å². The van der Waals surface area contributed by atoms with Crippen LogP contribution in [0, 0.1) is 0 Å². The Morgan fingerprint density at radius 2 is 1.86 bits per heavy atom.